The lowest BCUT2D eigenvalue weighted by atomic mass is 9.96. The van der Waals surface area contributed by atoms with E-state index in [0.29, 0.717) is 5.56 Å². The summed E-state index contributed by atoms with van der Waals surface area (Å²) in [6.45, 7) is 11.7. The number of piperazine rings is 1. The highest BCUT2D eigenvalue weighted by Crippen LogP contribution is 2.35. The first-order valence-corrected chi connectivity index (χ1v) is 9.08. The zero-order valence-corrected chi connectivity index (χ0v) is 15.9. The van der Waals surface area contributed by atoms with Crippen LogP contribution < -0.4 is 5.32 Å². The van der Waals surface area contributed by atoms with Crippen molar-refractivity contribution in [2.24, 2.45) is 0 Å². The van der Waals surface area contributed by atoms with Crippen LogP contribution in [0.15, 0.2) is 12.1 Å². The Balaban J connectivity index is 2.29. The molecule has 0 atom stereocenters. The summed E-state index contributed by atoms with van der Waals surface area (Å²) >= 11 is 0. The number of halogens is 3. The SMILES string of the molecule is CCN1CCN(Cc2c(C)cc(C(=O)NC(C)C)cc2C(F)(F)F)CC1. The van der Waals surface area contributed by atoms with Crippen molar-refractivity contribution in [1.29, 1.82) is 0 Å². The van der Waals surface area contributed by atoms with E-state index in [-0.39, 0.29) is 23.7 Å². The van der Waals surface area contributed by atoms with Gasteiger partial charge in [0.2, 0.25) is 0 Å². The molecule has 26 heavy (non-hydrogen) atoms. The van der Waals surface area contributed by atoms with Gasteiger partial charge in [-0.2, -0.15) is 13.2 Å². The smallest absolute Gasteiger partial charge is 0.350 e. The monoisotopic (exact) mass is 371 g/mol. The number of hydrogen-bond acceptors (Lipinski definition) is 3. The van der Waals surface area contributed by atoms with Crippen LogP contribution in [0, 0.1) is 6.92 Å². The highest BCUT2D eigenvalue weighted by atomic mass is 19.4. The molecule has 0 aliphatic carbocycles. The highest BCUT2D eigenvalue weighted by molar-refractivity contribution is 5.95. The molecule has 1 N–H and O–H groups in total. The van der Waals surface area contributed by atoms with Crippen LogP contribution in [0.5, 0.6) is 0 Å². The van der Waals surface area contributed by atoms with Crippen molar-refractivity contribution >= 4 is 5.91 Å². The zero-order valence-electron chi connectivity index (χ0n) is 15.9. The molecule has 0 aromatic heterocycles. The van der Waals surface area contributed by atoms with Crippen molar-refractivity contribution in [3.8, 4) is 0 Å². The molecule has 1 heterocycles. The van der Waals surface area contributed by atoms with Gasteiger partial charge in [0.25, 0.3) is 5.91 Å². The Kier molecular flexibility index (Phi) is 6.69. The topological polar surface area (TPSA) is 35.6 Å². The molecule has 0 bridgehead atoms. The number of hydrogen-bond donors (Lipinski definition) is 1. The van der Waals surface area contributed by atoms with Crippen molar-refractivity contribution in [3.05, 3.63) is 34.4 Å². The zero-order chi connectivity index (χ0) is 19.5. The summed E-state index contributed by atoms with van der Waals surface area (Å²) in [5.41, 5.74) is 0.127. The van der Waals surface area contributed by atoms with E-state index in [0.717, 1.165) is 38.8 Å². The minimum Gasteiger partial charge on any atom is -0.350 e. The van der Waals surface area contributed by atoms with E-state index in [2.05, 4.69) is 22.0 Å². The predicted molar refractivity (Wildman–Crippen MR) is 96.2 cm³/mol. The maximum atomic E-state index is 13.6. The van der Waals surface area contributed by atoms with Gasteiger partial charge in [-0.3, -0.25) is 9.69 Å². The summed E-state index contributed by atoms with van der Waals surface area (Å²) in [4.78, 5) is 16.5. The standard InChI is InChI=1S/C19H28F3N3O/c1-5-24-6-8-25(9-7-24)12-16-14(4)10-15(18(26)23-13(2)3)11-17(16)19(20,21)22/h10-11,13H,5-9,12H2,1-4H3,(H,23,26). The summed E-state index contributed by atoms with van der Waals surface area (Å²) in [7, 11) is 0. The minimum atomic E-state index is -4.49. The van der Waals surface area contributed by atoms with Crippen molar-refractivity contribution in [2.75, 3.05) is 32.7 Å². The van der Waals surface area contributed by atoms with Gasteiger partial charge in [-0.15, -0.1) is 0 Å². The molecular formula is C19H28F3N3O. The maximum absolute atomic E-state index is 13.6. The number of likely N-dealkylation sites (N-methyl/N-ethyl adjacent to an activating group) is 1. The van der Waals surface area contributed by atoms with E-state index < -0.39 is 17.6 Å². The van der Waals surface area contributed by atoms with E-state index in [1.54, 1.807) is 26.8 Å². The van der Waals surface area contributed by atoms with Crippen molar-refractivity contribution < 1.29 is 18.0 Å². The molecule has 1 fully saturated rings. The second kappa shape index (κ2) is 8.39. The predicted octanol–water partition coefficient (Wildman–Crippen LogP) is 3.29. The molecule has 1 saturated heterocycles. The Morgan fingerprint density at radius 1 is 1.15 bits per heavy atom. The molecule has 2 rings (SSSR count). The highest BCUT2D eigenvalue weighted by Gasteiger charge is 2.35. The third-order valence-corrected chi connectivity index (χ3v) is 4.75. The number of nitrogens with zero attached hydrogens (tertiary/aromatic N) is 2. The van der Waals surface area contributed by atoms with Gasteiger partial charge in [-0.05, 0) is 50.6 Å². The molecule has 1 aromatic carbocycles. The largest absolute Gasteiger partial charge is 0.416 e. The fourth-order valence-corrected chi connectivity index (χ4v) is 3.24. The summed E-state index contributed by atoms with van der Waals surface area (Å²) in [5.74, 6) is -0.475. The summed E-state index contributed by atoms with van der Waals surface area (Å²) in [5, 5.41) is 2.65. The molecule has 7 heteroatoms. The van der Waals surface area contributed by atoms with Crippen LogP contribution in [0.25, 0.3) is 0 Å². The molecule has 146 valence electrons. The number of benzene rings is 1. The Morgan fingerprint density at radius 2 is 1.73 bits per heavy atom. The van der Waals surface area contributed by atoms with Crippen LogP contribution in [-0.2, 0) is 12.7 Å². The molecule has 1 amide bonds. The minimum absolute atomic E-state index is 0.0584. The van der Waals surface area contributed by atoms with Gasteiger partial charge in [0, 0.05) is 44.3 Å². The third kappa shape index (κ3) is 5.20. The number of rotatable bonds is 5. The van der Waals surface area contributed by atoms with E-state index in [1.807, 2.05) is 0 Å². The number of aryl methyl sites for hydroxylation is 1. The first-order valence-electron chi connectivity index (χ1n) is 9.08. The normalized spacial score (nSPS) is 16.9. The fraction of sp³-hybridized carbons (Fsp3) is 0.632. The second-order valence-corrected chi connectivity index (χ2v) is 7.16. The van der Waals surface area contributed by atoms with E-state index in [9.17, 15) is 18.0 Å². The van der Waals surface area contributed by atoms with E-state index in [4.69, 9.17) is 0 Å². The quantitative estimate of drug-likeness (QED) is 0.863. The van der Waals surface area contributed by atoms with E-state index >= 15 is 0 Å². The molecule has 0 radical (unpaired) electrons. The number of carbonyl (C=O) groups excluding carboxylic acids is 1. The molecule has 0 spiro atoms. The Morgan fingerprint density at radius 3 is 2.23 bits per heavy atom. The maximum Gasteiger partial charge on any atom is 0.416 e. The van der Waals surface area contributed by atoms with Gasteiger partial charge in [-0.25, -0.2) is 0 Å². The van der Waals surface area contributed by atoms with Crippen molar-refractivity contribution in [1.82, 2.24) is 15.1 Å². The average Bonchev–Trinajstić information content (AvgIpc) is 2.55. The lowest BCUT2D eigenvalue weighted by Gasteiger charge is -2.34. The number of nitrogens with one attached hydrogen (secondary N) is 1. The van der Waals surface area contributed by atoms with Crippen LogP contribution in [0.4, 0.5) is 13.2 Å². The molecule has 0 saturated carbocycles. The van der Waals surface area contributed by atoms with E-state index in [1.165, 1.54) is 0 Å². The average molecular weight is 371 g/mol. The number of amides is 1. The Bertz CT molecular complexity index is 636. The first kappa shape index (κ1) is 20.7. The van der Waals surface area contributed by atoms with Crippen LogP contribution in [0.3, 0.4) is 0 Å². The van der Waals surface area contributed by atoms with Gasteiger partial charge in [-0.1, -0.05) is 6.92 Å². The van der Waals surface area contributed by atoms with Gasteiger partial charge in [0.15, 0.2) is 0 Å². The number of alkyl halides is 3. The number of carbonyl (C=O) groups is 1. The second-order valence-electron chi connectivity index (χ2n) is 7.16. The van der Waals surface area contributed by atoms with Gasteiger partial charge in [0.1, 0.15) is 0 Å². The van der Waals surface area contributed by atoms with Gasteiger partial charge < -0.3 is 10.2 Å². The first-order chi connectivity index (χ1) is 12.1. The molecular weight excluding hydrogens is 343 g/mol. The molecule has 0 unspecified atom stereocenters. The van der Waals surface area contributed by atoms with Crippen LogP contribution in [0.2, 0.25) is 0 Å². The Labute approximate surface area is 153 Å². The lowest BCUT2D eigenvalue weighted by molar-refractivity contribution is -0.138. The third-order valence-electron chi connectivity index (χ3n) is 4.75. The van der Waals surface area contributed by atoms with Crippen LogP contribution >= 0.6 is 0 Å². The molecule has 4 nitrogen and oxygen atoms in total. The molecule has 1 aliphatic heterocycles. The molecule has 1 aliphatic rings. The Hall–Kier alpha value is -1.60. The van der Waals surface area contributed by atoms with Gasteiger partial charge in [0.05, 0.1) is 5.56 Å². The summed E-state index contributed by atoms with van der Waals surface area (Å²) in [6.07, 6.45) is -4.49. The summed E-state index contributed by atoms with van der Waals surface area (Å²) < 4.78 is 40.9. The lowest BCUT2D eigenvalue weighted by Crippen LogP contribution is -2.45. The molecule has 1 aromatic rings. The van der Waals surface area contributed by atoms with Crippen LogP contribution in [0.1, 0.15) is 47.8 Å². The van der Waals surface area contributed by atoms with Crippen LogP contribution in [-0.4, -0.2) is 54.5 Å². The van der Waals surface area contributed by atoms with Crippen molar-refractivity contribution in [3.63, 3.8) is 0 Å². The van der Waals surface area contributed by atoms with Gasteiger partial charge >= 0.3 is 6.18 Å². The summed E-state index contributed by atoms with van der Waals surface area (Å²) in [6, 6.07) is 2.42. The van der Waals surface area contributed by atoms with Crippen molar-refractivity contribution in [2.45, 2.75) is 46.5 Å². The fourth-order valence-electron chi connectivity index (χ4n) is 3.24.